The third-order valence-corrected chi connectivity index (χ3v) is 10.2. The molecule has 2 saturated heterocycles. The second-order valence-electron chi connectivity index (χ2n) is 10.4. The Morgan fingerprint density at radius 2 is 1.66 bits per heavy atom. The largest absolute Gasteiger partial charge is 0.454 e. The van der Waals surface area contributed by atoms with Crippen molar-refractivity contribution in [1.29, 1.82) is 0 Å². The lowest BCUT2D eigenvalue weighted by atomic mass is 9.74. The van der Waals surface area contributed by atoms with Crippen molar-refractivity contribution in [1.82, 2.24) is 9.21 Å². The molecule has 0 amide bonds. The van der Waals surface area contributed by atoms with Crippen LogP contribution in [0.25, 0.3) is 11.1 Å². The first-order valence-corrected chi connectivity index (χ1v) is 14.7. The lowest BCUT2D eigenvalue weighted by Crippen LogP contribution is -2.68. The first-order valence-electron chi connectivity index (χ1n) is 13.3. The van der Waals surface area contributed by atoms with Gasteiger partial charge in [-0.2, -0.15) is 4.31 Å². The average molecular weight is 535 g/mol. The van der Waals surface area contributed by atoms with Crippen molar-refractivity contribution >= 4 is 10.0 Å². The lowest BCUT2D eigenvalue weighted by Gasteiger charge is -2.57. The predicted octanol–water partition coefficient (Wildman–Crippen LogP) is 4.66. The van der Waals surface area contributed by atoms with Gasteiger partial charge in [0.05, 0.1) is 11.5 Å². The molecule has 200 valence electrons. The van der Waals surface area contributed by atoms with Crippen LogP contribution in [0.5, 0.6) is 11.5 Å². The zero-order chi connectivity index (χ0) is 26.3. The van der Waals surface area contributed by atoms with Crippen LogP contribution in [0.15, 0.2) is 71.6 Å². The summed E-state index contributed by atoms with van der Waals surface area (Å²) in [4.78, 5) is 2.86. The van der Waals surface area contributed by atoms with Crippen LogP contribution in [0, 0.1) is 6.92 Å². The van der Waals surface area contributed by atoms with Crippen LogP contribution < -0.4 is 9.47 Å². The van der Waals surface area contributed by atoms with E-state index < -0.39 is 10.0 Å². The van der Waals surface area contributed by atoms with Gasteiger partial charge in [-0.15, -0.1) is 0 Å². The molecule has 3 aromatic rings. The van der Waals surface area contributed by atoms with Gasteiger partial charge in [-0.3, -0.25) is 4.90 Å². The van der Waals surface area contributed by atoms with E-state index in [0.717, 1.165) is 47.6 Å². The van der Waals surface area contributed by atoms with E-state index in [2.05, 4.69) is 29.2 Å². The molecule has 2 fully saturated rings. The molecule has 0 saturated carbocycles. The number of nitrogens with zero attached hydrogens (tertiary/aromatic N) is 2. The number of hydrogen-bond acceptors (Lipinski definition) is 6. The van der Waals surface area contributed by atoms with Crippen molar-refractivity contribution in [3.05, 3.63) is 77.9 Å². The molecule has 3 atom stereocenters. The van der Waals surface area contributed by atoms with Crippen LogP contribution in [0.4, 0.5) is 0 Å². The van der Waals surface area contributed by atoms with E-state index in [-0.39, 0.29) is 24.8 Å². The highest BCUT2D eigenvalue weighted by molar-refractivity contribution is 7.89. The van der Waals surface area contributed by atoms with Gasteiger partial charge in [0.2, 0.25) is 16.8 Å². The Balaban J connectivity index is 1.28. The Labute approximate surface area is 225 Å². The van der Waals surface area contributed by atoms with E-state index in [4.69, 9.17) is 14.2 Å². The molecule has 0 aliphatic carbocycles. The van der Waals surface area contributed by atoms with E-state index in [1.54, 1.807) is 23.5 Å². The van der Waals surface area contributed by atoms with Crippen LogP contribution >= 0.6 is 0 Å². The lowest BCUT2D eigenvalue weighted by molar-refractivity contribution is -0.0635. The summed E-state index contributed by atoms with van der Waals surface area (Å²) in [5, 5.41) is 0. The van der Waals surface area contributed by atoms with Crippen molar-refractivity contribution in [2.24, 2.45) is 0 Å². The third kappa shape index (κ3) is 4.49. The van der Waals surface area contributed by atoms with Crippen molar-refractivity contribution in [3.63, 3.8) is 0 Å². The van der Waals surface area contributed by atoms with Crippen LogP contribution in [0.2, 0.25) is 0 Å². The summed E-state index contributed by atoms with van der Waals surface area (Å²) in [6, 6.07) is 22.3. The number of methoxy groups -OCH3 is 1. The highest BCUT2D eigenvalue weighted by Gasteiger charge is 2.50. The fourth-order valence-electron chi connectivity index (χ4n) is 6.24. The standard InChI is InChI=1S/C30H34N2O5S/c1-21-7-3-4-8-29(21)38(33,34)31-15-5-6-16-32-25(18-31)30(26(32)19-35-2)23-11-9-22(10-12-23)24-13-14-27-28(17-24)37-20-36-27/h3-4,7-14,17,25-26,30H,5-6,15-16,18-20H2,1-2H3/t25-,26?,30-/m0/s1. The summed E-state index contributed by atoms with van der Waals surface area (Å²) in [6.45, 7) is 4.73. The smallest absolute Gasteiger partial charge is 0.243 e. The van der Waals surface area contributed by atoms with Gasteiger partial charge in [0.25, 0.3) is 0 Å². The van der Waals surface area contributed by atoms with Gasteiger partial charge in [-0.1, -0.05) is 48.5 Å². The van der Waals surface area contributed by atoms with E-state index in [0.29, 0.717) is 24.6 Å². The van der Waals surface area contributed by atoms with E-state index in [1.165, 1.54) is 5.56 Å². The molecule has 8 heteroatoms. The zero-order valence-electron chi connectivity index (χ0n) is 21.9. The fraction of sp³-hybridized carbons (Fsp3) is 0.400. The number of hydrogen-bond donors (Lipinski definition) is 0. The monoisotopic (exact) mass is 534 g/mol. The summed E-state index contributed by atoms with van der Waals surface area (Å²) in [7, 11) is -1.84. The number of benzene rings is 3. The normalized spacial score (nSPS) is 23.8. The molecule has 3 aromatic carbocycles. The summed E-state index contributed by atoms with van der Waals surface area (Å²) < 4.78 is 45.8. The molecule has 0 aromatic heterocycles. The summed E-state index contributed by atoms with van der Waals surface area (Å²) in [5.74, 6) is 1.73. The van der Waals surface area contributed by atoms with Gasteiger partial charge >= 0.3 is 0 Å². The highest BCUT2D eigenvalue weighted by Crippen LogP contribution is 2.44. The third-order valence-electron chi connectivity index (χ3n) is 8.20. The van der Waals surface area contributed by atoms with Gasteiger partial charge in [-0.05, 0) is 66.8 Å². The second-order valence-corrected chi connectivity index (χ2v) is 12.3. The van der Waals surface area contributed by atoms with Gasteiger partial charge < -0.3 is 14.2 Å². The summed E-state index contributed by atoms with van der Waals surface area (Å²) in [6.07, 6.45) is 1.81. The SMILES string of the molecule is COCC1[C@@H](c2ccc(-c3ccc4c(c3)OCO4)cc2)[C@@H]2CN(S(=O)(=O)c3ccccc3C)CCCCN12. The molecule has 3 aliphatic rings. The highest BCUT2D eigenvalue weighted by atomic mass is 32.2. The Hall–Kier alpha value is -2.91. The van der Waals surface area contributed by atoms with Crippen molar-refractivity contribution in [2.45, 2.75) is 42.7 Å². The molecule has 1 unspecified atom stereocenters. The first kappa shape index (κ1) is 25.4. The number of rotatable bonds is 6. The number of aryl methyl sites for hydroxylation is 1. The summed E-state index contributed by atoms with van der Waals surface area (Å²) >= 11 is 0. The zero-order valence-corrected chi connectivity index (χ0v) is 22.7. The minimum Gasteiger partial charge on any atom is -0.454 e. The van der Waals surface area contributed by atoms with Crippen molar-refractivity contribution in [3.8, 4) is 22.6 Å². The van der Waals surface area contributed by atoms with Gasteiger partial charge in [-0.25, -0.2) is 8.42 Å². The van der Waals surface area contributed by atoms with Crippen LogP contribution in [-0.2, 0) is 14.8 Å². The maximum Gasteiger partial charge on any atom is 0.243 e. The molecule has 3 heterocycles. The average Bonchev–Trinajstić information content (AvgIpc) is 3.38. The number of fused-ring (bicyclic) bond motifs is 2. The van der Waals surface area contributed by atoms with E-state index >= 15 is 0 Å². The van der Waals surface area contributed by atoms with Gasteiger partial charge in [0.15, 0.2) is 11.5 Å². The topological polar surface area (TPSA) is 68.3 Å². The molecule has 0 radical (unpaired) electrons. The van der Waals surface area contributed by atoms with Crippen LogP contribution in [-0.4, -0.2) is 69.9 Å². The first-order chi connectivity index (χ1) is 18.5. The fourth-order valence-corrected chi connectivity index (χ4v) is 7.96. The van der Waals surface area contributed by atoms with Crippen LogP contribution in [0.3, 0.4) is 0 Å². The molecule has 0 spiro atoms. The van der Waals surface area contributed by atoms with E-state index in [1.807, 2.05) is 37.3 Å². The maximum absolute atomic E-state index is 13.7. The molecule has 0 N–H and O–H groups in total. The van der Waals surface area contributed by atoms with Crippen molar-refractivity contribution in [2.75, 3.05) is 40.1 Å². The van der Waals surface area contributed by atoms with E-state index in [9.17, 15) is 8.42 Å². The Kier molecular flexibility index (Phi) is 6.90. The quantitative estimate of drug-likeness (QED) is 0.458. The molecular formula is C30H34N2O5S. The van der Waals surface area contributed by atoms with Crippen LogP contribution in [0.1, 0.15) is 29.9 Å². The molecule has 6 rings (SSSR count). The Morgan fingerprint density at radius 1 is 0.921 bits per heavy atom. The minimum atomic E-state index is -3.58. The Bertz CT molecular complexity index is 1410. The number of ether oxygens (including phenoxy) is 3. The molecule has 3 aliphatic heterocycles. The Morgan fingerprint density at radius 3 is 2.45 bits per heavy atom. The second kappa shape index (κ2) is 10.3. The molecular weight excluding hydrogens is 500 g/mol. The molecule has 7 nitrogen and oxygen atoms in total. The maximum atomic E-state index is 13.7. The van der Waals surface area contributed by atoms with Crippen molar-refractivity contribution < 1.29 is 22.6 Å². The number of sulfonamides is 1. The molecule has 0 bridgehead atoms. The minimum absolute atomic E-state index is 0.102. The molecule has 38 heavy (non-hydrogen) atoms. The van der Waals surface area contributed by atoms with Gasteiger partial charge in [0, 0.05) is 38.2 Å². The van der Waals surface area contributed by atoms with Gasteiger partial charge in [0.1, 0.15) is 0 Å². The predicted molar refractivity (Wildman–Crippen MR) is 146 cm³/mol. The summed E-state index contributed by atoms with van der Waals surface area (Å²) in [5.41, 5.74) is 4.18.